The van der Waals surface area contributed by atoms with Crippen LogP contribution in [0, 0.1) is 0 Å². The van der Waals surface area contributed by atoms with Gasteiger partial charge in [0.15, 0.2) is 0 Å². The highest BCUT2D eigenvalue weighted by Crippen LogP contribution is 2.32. The van der Waals surface area contributed by atoms with Crippen LogP contribution in [-0.2, 0) is 12.8 Å². The minimum Gasteiger partial charge on any atom is -0.334 e. The average molecular weight is 278 g/mol. The van der Waals surface area contributed by atoms with Crippen molar-refractivity contribution in [2.75, 3.05) is 20.1 Å². The molecule has 1 saturated heterocycles. The molecule has 0 spiro atoms. The number of likely N-dealkylation sites (N-methyl/N-ethyl adjacent to an activating group) is 1. The van der Waals surface area contributed by atoms with Crippen LogP contribution < -0.4 is 5.32 Å². The lowest BCUT2D eigenvalue weighted by Gasteiger charge is -2.25. The van der Waals surface area contributed by atoms with Crippen molar-refractivity contribution in [3.8, 4) is 0 Å². The molecule has 2 aliphatic rings. The molecule has 0 saturated carbocycles. The summed E-state index contributed by atoms with van der Waals surface area (Å²) < 4.78 is 0. The topological polar surface area (TPSA) is 32.3 Å². The maximum atomic E-state index is 12.8. The standard InChI is InChI=1S/C15H22N2OS/c1-16-9-11-5-4-8-17(11)15(18)13-10-19-14-7-3-2-6-12(13)14/h10-11,16H,2-9H2,1H3. The molecule has 3 nitrogen and oxygen atoms in total. The summed E-state index contributed by atoms with van der Waals surface area (Å²) in [6, 6.07) is 0.386. The third-order valence-electron chi connectivity index (χ3n) is 4.37. The fourth-order valence-electron chi connectivity index (χ4n) is 3.38. The van der Waals surface area contributed by atoms with Crippen molar-refractivity contribution in [2.45, 2.75) is 44.6 Å². The molecule has 1 fully saturated rings. The number of carbonyl (C=O) groups is 1. The first-order valence-electron chi connectivity index (χ1n) is 7.36. The van der Waals surface area contributed by atoms with E-state index in [1.165, 1.54) is 29.7 Å². The zero-order chi connectivity index (χ0) is 13.2. The quantitative estimate of drug-likeness (QED) is 0.921. The molecule has 1 aromatic heterocycles. The second-order valence-electron chi connectivity index (χ2n) is 5.61. The van der Waals surface area contributed by atoms with Crippen LogP contribution in [0.1, 0.15) is 46.5 Å². The Labute approximate surface area is 119 Å². The SMILES string of the molecule is CNCC1CCCN1C(=O)c1csc2c1CCCC2. The van der Waals surface area contributed by atoms with Gasteiger partial charge in [-0.05, 0) is 51.1 Å². The van der Waals surface area contributed by atoms with Gasteiger partial charge in [-0.25, -0.2) is 0 Å². The number of nitrogens with one attached hydrogen (secondary N) is 1. The molecule has 3 rings (SSSR count). The number of aryl methyl sites for hydroxylation is 1. The molecule has 0 bridgehead atoms. The van der Waals surface area contributed by atoms with E-state index in [4.69, 9.17) is 0 Å². The Morgan fingerprint density at radius 2 is 2.26 bits per heavy atom. The van der Waals surface area contributed by atoms with Crippen LogP contribution in [0.4, 0.5) is 0 Å². The van der Waals surface area contributed by atoms with Crippen molar-refractivity contribution in [3.63, 3.8) is 0 Å². The molecule has 1 aliphatic carbocycles. The van der Waals surface area contributed by atoms with Gasteiger partial charge in [-0.15, -0.1) is 11.3 Å². The van der Waals surface area contributed by atoms with Crippen molar-refractivity contribution in [1.82, 2.24) is 10.2 Å². The molecule has 0 aromatic carbocycles. The van der Waals surface area contributed by atoms with Crippen LogP contribution in [0.25, 0.3) is 0 Å². The molecule has 19 heavy (non-hydrogen) atoms. The average Bonchev–Trinajstić information content (AvgIpc) is 3.04. The first-order chi connectivity index (χ1) is 9.31. The van der Waals surface area contributed by atoms with Crippen molar-refractivity contribution >= 4 is 17.2 Å². The number of nitrogens with zero attached hydrogens (tertiary/aromatic N) is 1. The van der Waals surface area contributed by atoms with Crippen LogP contribution in [0.3, 0.4) is 0 Å². The normalized spacial score (nSPS) is 22.6. The first-order valence-corrected chi connectivity index (χ1v) is 8.24. The monoisotopic (exact) mass is 278 g/mol. The summed E-state index contributed by atoms with van der Waals surface area (Å²) in [5.74, 6) is 0.275. The molecular weight excluding hydrogens is 256 g/mol. The highest BCUT2D eigenvalue weighted by molar-refractivity contribution is 7.10. The summed E-state index contributed by atoms with van der Waals surface area (Å²) in [6.45, 7) is 1.84. The van der Waals surface area contributed by atoms with Gasteiger partial charge in [-0.2, -0.15) is 0 Å². The fraction of sp³-hybridized carbons (Fsp3) is 0.667. The molecule has 104 valence electrons. The number of fused-ring (bicyclic) bond motifs is 1. The van der Waals surface area contributed by atoms with Crippen LogP contribution in [0.5, 0.6) is 0 Å². The Balaban J connectivity index is 1.81. The number of hydrogen-bond acceptors (Lipinski definition) is 3. The van der Waals surface area contributed by atoms with Gasteiger partial charge in [0.05, 0.1) is 5.56 Å². The predicted octanol–water partition coefficient (Wildman–Crippen LogP) is 2.45. The molecule has 1 aliphatic heterocycles. The first kappa shape index (κ1) is 13.1. The Morgan fingerprint density at radius 1 is 1.42 bits per heavy atom. The van der Waals surface area contributed by atoms with E-state index in [1.807, 2.05) is 7.05 Å². The minimum absolute atomic E-state index is 0.275. The molecule has 1 atom stereocenters. The van der Waals surface area contributed by atoms with E-state index in [-0.39, 0.29) is 5.91 Å². The number of amides is 1. The molecule has 4 heteroatoms. The minimum atomic E-state index is 0.275. The number of likely N-dealkylation sites (tertiary alicyclic amines) is 1. The van der Waals surface area contributed by atoms with E-state index >= 15 is 0 Å². The molecule has 1 N–H and O–H groups in total. The van der Waals surface area contributed by atoms with Gasteiger partial charge in [-0.3, -0.25) is 4.79 Å². The number of rotatable bonds is 3. The van der Waals surface area contributed by atoms with Gasteiger partial charge in [0.25, 0.3) is 5.91 Å². The second-order valence-corrected chi connectivity index (χ2v) is 6.57. The van der Waals surface area contributed by atoms with Crippen molar-refractivity contribution in [3.05, 3.63) is 21.4 Å². The lowest BCUT2D eigenvalue weighted by molar-refractivity contribution is 0.0736. The molecule has 0 radical (unpaired) electrons. The zero-order valence-corrected chi connectivity index (χ0v) is 12.4. The van der Waals surface area contributed by atoms with Gasteiger partial charge in [-0.1, -0.05) is 0 Å². The summed E-state index contributed by atoms with van der Waals surface area (Å²) in [4.78, 5) is 16.3. The zero-order valence-electron chi connectivity index (χ0n) is 11.6. The smallest absolute Gasteiger partial charge is 0.255 e. The molecule has 1 aromatic rings. The Hall–Kier alpha value is -0.870. The number of hydrogen-bond donors (Lipinski definition) is 1. The molecule has 1 unspecified atom stereocenters. The molecule has 1 amide bonds. The predicted molar refractivity (Wildman–Crippen MR) is 78.9 cm³/mol. The van der Waals surface area contributed by atoms with Crippen LogP contribution in [-0.4, -0.2) is 37.0 Å². The van der Waals surface area contributed by atoms with Crippen molar-refractivity contribution in [1.29, 1.82) is 0 Å². The van der Waals surface area contributed by atoms with Gasteiger partial charge in [0, 0.05) is 29.4 Å². The second kappa shape index (κ2) is 5.63. The van der Waals surface area contributed by atoms with E-state index in [0.29, 0.717) is 6.04 Å². The van der Waals surface area contributed by atoms with E-state index in [1.54, 1.807) is 11.3 Å². The lowest BCUT2D eigenvalue weighted by Crippen LogP contribution is -2.41. The Morgan fingerprint density at radius 3 is 3.11 bits per heavy atom. The highest BCUT2D eigenvalue weighted by Gasteiger charge is 2.31. The summed E-state index contributed by atoms with van der Waals surface area (Å²) >= 11 is 1.79. The van der Waals surface area contributed by atoms with Crippen LogP contribution in [0.15, 0.2) is 5.38 Å². The number of carbonyl (C=O) groups excluding carboxylic acids is 1. The Bertz CT molecular complexity index is 469. The van der Waals surface area contributed by atoms with Crippen LogP contribution >= 0.6 is 11.3 Å². The van der Waals surface area contributed by atoms with Crippen LogP contribution in [0.2, 0.25) is 0 Å². The third kappa shape index (κ3) is 2.43. The third-order valence-corrected chi connectivity index (χ3v) is 5.46. The van der Waals surface area contributed by atoms with E-state index in [0.717, 1.165) is 37.9 Å². The Kier molecular flexibility index (Phi) is 3.89. The van der Waals surface area contributed by atoms with Crippen molar-refractivity contribution in [2.24, 2.45) is 0 Å². The van der Waals surface area contributed by atoms with Crippen molar-refractivity contribution < 1.29 is 4.79 Å². The summed E-state index contributed by atoms with van der Waals surface area (Å²) in [5.41, 5.74) is 2.36. The summed E-state index contributed by atoms with van der Waals surface area (Å²) in [7, 11) is 1.97. The van der Waals surface area contributed by atoms with E-state index < -0.39 is 0 Å². The molecular formula is C15H22N2OS. The van der Waals surface area contributed by atoms with E-state index in [9.17, 15) is 4.79 Å². The summed E-state index contributed by atoms with van der Waals surface area (Å²) in [6.07, 6.45) is 7.08. The largest absolute Gasteiger partial charge is 0.334 e. The van der Waals surface area contributed by atoms with Gasteiger partial charge >= 0.3 is 0 Å². The highest BCUT2D eigenvalue weighted by atomic mass is 32.1. The fourth-order valence-corrected chi connectivity index (χ4v) is 4.50. The lowest BCUT2D eigenvalue weighted by atomic mass is 9.95. The summed E-state index contributed by atoms with van der Waals surface area (Å²) in [5, 5.41) is 5.32. The van der Waals surface area contributed by atoms with Gasteiger partial charge < -0.3 is 10.2 Å². The van der Waals surface area contributed by atoms with Gasteiger partial charge in [0.2, 0.25) is 0 Å². The number of thiophene rings is 1. The molecule has 2 heterocycles. The maximum absolute atomic E-state index is 12.8. The van der Waals surface area contributed by atoms with Gasteiger partial charge in [0.1, 0.15) is 0 Å². The maximum Gasteiger partial charge on any atom is 0.255 e. The van der Waals surface area contributed by atoms with E-state index in [2.05, 4.69) is 15.6 Å².